The summed E-state index contributed by atoms with van der Waals surface area (Å²) < 4.78 is 18.0. The van der Waals surface area contributed by atoms with Crippen molar-refractivity contribution < 1.29 is 23.8 Å². The maximum absolute atomic E-state index is 12.9. The first-order chi connectivity index (χ1) is 14.7. The molecule has 31 heavy (non-hydrogen) atoms. The molecule has 3 aromatic rings. The summed E-state index contributed by atoms with van der Waals surface area (Å²) >= 11 is 0. The Labute approximate surface area is 180 Å². The van der Waals surface area contributed by atoms with Gasteiger partial charge in [0.1, 0.15) is 24.0 Å². The average Bonchev–Trinajstić information content (AvgIpc) is 3.04. The van der Waals surface area contributed by atoms with Crippen LogP contribution in [0.1, 0.15) is 31.1 Å². The van der Waals surface area contributed by atoms with Crippen LogP contribution in [-0.2, 0) is 9.47 Å². The van der Waals surface area contributed by atoms with E-state index in [0.29, 0.717) is 16.8 Å². The highest BCUT2D eigenvalue weighted by atomic mass is 16.6. The fourth-order valence-corrected chi connectivity index (χ4v) is 3.11. The summed E-state index contributed by atoms with van der Waals surface area (Å²) in [6.45, 7) is 5.54. The fraction of sp³-hybridized carbons (Fsp3) is 0.348. The number of ether oxygens (including phenoxy) is 3. The summed E-state index contributed by atoms with van der Waals surface area (Å²) in [7, 11) is 1.59. The Morgan fingerprint density at radius 1 is 1.13 bits per heavy atom. The van der Waals surface area contributed by atoms with E-state index in [0.717, 1.165) is 10.9 Å². The van der Waals surface area contributed by atoms with Gasteiger partial charge in [-0.25, -0.2) is 9.59 Å². The highest BCUT2D eigenvalue weighted by Crippen LogP contribution is 2.29. The van der Waals surface area contributed by atoms with Crippen LogP contribution >= 0.6 is 0 Å². The Hall–Kier alpha value is -3.73. The summed E-state index contributed by atoms with van der Waals surface area (Å²) in [5.74, 6) is 0.0377. The molecule has 0 radical (unpaired) electrons. The molecule has 162 valence electrons. The molecule has 8 nitrogen and oxygen atoms in total. The molecule has 2 heterocycles. The standard InChI is InChI=1S/C23H25N3O5/c1-23(2,3)31-22(28)25(4)12-14-30-21(27)20-17-7-5-6-8-18(17)26-15-16(29-13-11-24)9-10-19(20)26/h5-10,15H,12-14H2,1-4H3. The van der Waals surface area contributed by atoms with Gasteiger partial charge >= 0.3 is 12.1 Å². The number of benzene rings is 1. The van der Waals surface area contributed by atoms with E-state index in [2.05, 4.69) is 0 Å². The molecular weight excluding hydrogens is 398 g/mol. The number of aromatic nitrogens is 1. The van der Waals surface area contributed by atoms with E-state index in [4.69, 9.17) is 19.5 Å². The molecule has 0 aliphatic heterocycles. The molecule has 0 aliphatic rings. The molecule has 0 fully saturated rings. The SMILES string of the molecule is CN(CCOC(=O)c1c2ccccc2n2cc(OCC#N)ccc12)C(=O)OC(C)(C)C. The lowest BCUT2D eigenvalue weighted by molar-refractivity contribution is 0.0218. The van der Waals surface area contributed by atoms with Crippen LogP contribution in [0.25, 0.3) is 16.4 Å². The summed E-state index contributed by atoms with van der Waals surface area (Å²) in [6.07, 6.45) is 1.26. The lowest BCUT2D eigenvalue weighted by atomic mass is 10.1. The van der Waals surface area contributed by atoms with Gasteiger partial charge in [-0.3, -0.25) is 0 Å². The summed E-state index contributed by atoms with van der Waals surface area (Å²) in [5.41, 5.74) is 1.32. The van der Waals surface area contributed by atoms with Crippen molar-refractivity contribution in [1.82, 2.24) is 9.30 Å². The molecule has 0 spiro atoms. The number of hydrogen-bond acceptors (Lipinski definition) is 6. The number of nitrogens with zero attached hydrogens (tertiary/aromatic N) is 3. The minimum Gasteiger partial charge on any atom is -0.477 e. The number of esters is 1. The van der Waals surface area contributed by atoms with E-state index in [1.807, 2.05) is 34.7 Å². The summed E-state index contributed by atoms with van der Waals surface area (Å²) in [4.78, 5) is 26.3. The smallest absolute Gasteiger partial charge is 0.410 e. The second kappa shape index (κ2) is 8.96. The van der Waals surface area contributed by atoms with Crippen LogP contribution in [0.5, 0.6) is 5.75 Å². The minimum absolute atomic E-state index is 0.0314. The maximum atomic E-state index is 12.9. The van der Waals surface area contributed by atoms with Gasteiger partial charge < -0.3 is 23.5 Å². The zero-order chi connectivity index (χ0) is 22.6. The van der Waals surface area contributed by atoms with Gasteiger partial charge in [0.25, 0.3) is 0 Å². The van der Waals surface area contributed by atoms with E-state index >= 15 is 0 Å². The number of hydrogen-bond donors (Lipinski definition) is 0. The zero-order valence-electron chi connectivity index (χ0n) is 18.0. The fourth-order valence-electron chi connectivity index (χ4n) is 3.11. The highest BCUT2D eigenvalue weighted by molar-refractivity contribution is 6.11. The molecule has 0 unspecified atom stereocenters. The molecule has 0 N–H and O–H groups in total. The molecule has 0 aliphatic carbocycles. The minimum atomic E-state index is -0.595. The third-order valence-corrected chi connectivity index (χ3v) is 4.48. The number of pyridine rings is 1. The molecule has 8 heteroatoms. The van der Waals surface area contributed by atoms with Gasteiger partial charge in [0.2, 0.25) is 0 Å². The molecule has 2 aromatic heterocycles. The largest absolute Gasteiger partial charge is 0.477 e. The van der Waals surface area contributed by atoms with Crippen molar-refractivity contribution in [1.29, 1.82) is 5.26 Å². The number of amides is 1. The van der Waals surface area contributed by atoms with Crippen LogP contribution < -0.4 is 4.74 Å². The second-order valence-electron chi connectivity index (χ2n) is 8.00. The van der Waals surface area contributed by atoms with Crippen LogP contribution in [0, 0.1) is 11.3 Å². The quantitative estimate of drug-likeness (QED) is 0.556. The van der Waals surface area contributed by atoms with Crippen LogP contribution in [0.4, 0.5) is 4.79 Å². The third-order valence-electron chi connectivity index (χ3n) is 4.48. The molecule has 1 amide bonds. The predicted molar refractivity (Wildman–Crippen MR) is 115 cm³/mol. The third kappa shape index (κ3) is 5.07. The van der Waals surface area contributed by atoms with Crippen LogP contribution in [0.15, 0.2) is 42.6 Å². The number of carbonyl (C=O) groups is 2. The van der Waals surface area contributed by atoms with Crippen LogP contribution in [0.2, 0.25) is 0 Å². The molecular formula is C23H25N3O5. The summed E-state index contributed by atoms with van der Waals surface area (Å²) in [6, 6.07) is 12.9. The Morgan fingerprint density at radius 2 is 1.87 bits per heavy atom. The Balaban J connectivity index is 1.79. The van der Waals surface area contributed by atoms with E-state index in [1.54, 1.807) is 46.1 Å². The van der Waals surface area contributed by atoms with Gasteiger partial charge in [-0.15, -0.1) is 0 Å². The number of rotatable bonds is 6. The molecule has 0 atom stereocenters. The number of likely N-dealkylation sites (N-methyl/N-ethyl adjacent to an activating group) is 1. The lowest BCUT2D eigenvalue weighted by Crippen LogP contribution is -2.36. The predicted octanol–water partition coefficient (Wildman–Crippen LogP) is 4.02. The average molecular weight is 423 g/mol. The van der Waals surface area contributed by atoms with Crippen molar-refractivity contribution in [3.05, 3.63) is 48.2 Å². The molecule has 0 saturated heterocycles. The normalized spacial score (nSPS) is 11.2. The Morgan fingerprint density at radius 3 is 2.58 bits per heavy atom. The number of para-hydroxylation sites is 1. The van der Waals surface area contributed by atoms with Crippen molar-refractivity contribution in [3.8, 4) is 11.8 Å². The van der Waals surface area contributed by atoms with Crippen LogP contribution in [-0.4, -0.2) is 53.8 Å². The van der Waals surface area contributed by atoms with E-state index in [-0.39, 0.29) is 19.8 Å². The van der Waals surface area contributed by atoms with Gasteiger partial charge in [0.15, 0.2) is 6.61 Å². The van der Waals surface area contributed by atoms with Crippen molar-refractivity contribution in [2.45, 2.75) is 26.4 Å². The first kappa shape index (κ1) is 22.0. The first-order valence-electron chi connectivity index (χ1n) is 9.85. The maximum Gasteiger partial charge on any atom is 0.410 e. The van der Waals surface area contributed by atoms with Crippen LogP contribution in [0.3, 0.4) is 0 Å². The Kier molecular flexibility index (Phi) is 6.35. The van der Waals surface area contributed by atoms with E-state index in [1.165, 1.54) is 4.90 Å². The van der Waals surface area contributed by atoms with E-state index in [9.17, 15) is 9.59 Å². The number of carbonyl (C=O) groups excluding carboxylic acids is 2. The van der Waals surface area contributed by atoms with Crippen molar-refractivity contribution >= 4 is 28.5 Å². The topological polar surface area (TPSA) is 93.3 Å². The van der Waals surface area contributed by atoms with Crippen molar-refractivity contribution in [2.24, 2.45) is 0 Å². The molecule has 1 aromatic carbocycles. The molecule has 0 saturated carbocycles. The first-order valence-corrected chi connectivity index (χ1v) is 9.85. The monoisotopic (exact) mass is 423 g/mol. The summed E-state index contributed by atoms with van der Waals surface area (Å²) in [5, 5.41) is 9.47. The van der Waals surface area contributed by atoms with Gasteiger partial charge in [-0.1, -0.05) is 18.2 Å². The Bertz CT molecular complexity index is 1150. The highest BCUT2D eigenvalue weighted by Gasteiger charge is 2.22. The van der Waals surface area contributed by atoms with Gasteiger partial charge in [0, 0.05) is 12.4 Å². The molecule has 3 rings (SSSR count). The van der Waals surface area contributed by atoms with E-state index < -0.39 is 17.7 Å². The van der Waals surface area contributed by atoms with Gasteiger partial charge in [-0.05, 0) is 39.0 Å². The molecule has 0 bridgehead atoms. The van der Waals surface area contributed by atoms with Crippen molar-refractivity contribution in [3.63, 3.8) is 0 Å². The second-order valence-corrected chi connectivity index (χ2v) is 8.00. The number of nitriles is 1. The zero-order valence-corrected chi connectivity index (χ0v) is 18.0. The lowest BCUT2D eigenvalue weighted by Gasteiger charge is -2.24. The van der Waals surface area contributed by atoms with Crippen molar-refractivity contribution in [2.75, 3.05) is 26.8 Å². The van der Waals surface area contributed by atoms with Gasteiger partial charge in [0.05, 0.1) is 29.3 Å². The van der Waals surface area contributed by atoms with Gasteiger partial charge in [-0.2, -0.15) is 5.26 Å². The number of fused-ring (bicyclic) bond motifs is 3.